The number of carbonyl (C=O) groups excluding carboxylic acids is 1. The largest absolute Gasteiger partial charge is 0.303 e. The van der Waals surface area contributed by atoms with Gasteiger partial charge in [-0.05, 0) is 49.9 Å². The molecule has 0 N–H and O–H groups in total. The minimum Gasteiger partial charge on any atom is -0.303 e. The van der Waals surface area contributed by atoms with Gasteiger partial charge in [-0.15, -0.1) is 0 Å². The van der Waals surface area contributed by atoms with E-state index in [-0.39, 0.29) is 5.41 Å². The Bertz CT molecular complexity index is 271. The molecule has 2 aliphatic carbocycles. The van der Waals surface area contributed by atoms with Crippen LogP contribution in [0, 0.1) is 23.2 Å². The third kappa shape index (κ3) is 3.06. The average molecular weight is 264 g/mol. The van der Waals surface area contributed by atoms with E-state index in [1.165, 1.54) is 70.5 Å². The van der Waals surface area contributed by atoms with Crippen LogP contribution < -0.4 is 0 Å². The second-order valence-corrected chi connectivity index (χ2v) is 7.04. The monoisotopic (exact) mass is 264 g/mol. The first-order chi connectivity index (χ1) is 9.26. The molecular formula is C18H32O. The predicted octanol–water partition coefficient (Wildman–Crippen LogP) is 5.38. The van der Waals surface area contributed by atoms with E-state index in [1.807, 2.05) is 0 Å². The van der Waals surface area contributed by atoms with Crippen LogP contribution in [0.25, 0.3) is 0 Å². The van der Waals surface area contributed by atoms with Crippen molar-refractivity contribution >= 4 is 6.29 Å². The smallest absolute Gasteiger partial charge is 0.126 e. The van der Waals surface area contributed by atoms with E-state index in [1.54, 1.807) is 0 Å². The van der Waals surface area contributed by atoms with Crippen molar-refractivity contribution in [2.45, 2.75) is 84.5 Å². The Hall–Kier alpha value is -0.330. The van der Waals surface area contributed by atoms with E-state index >= 15 is 0 Å². The second-order valence-electron chi connectivity index (χ2n) is 7.04. The Balaban J connectivity index is 2.07. The van der Waals surface area contributed by atoms with E-state index in [0.717, 1.165) is 12.3 Å². The molecule has 1 nitrogen and oxygen atoms in total. The maximum absolute atomic E-state index is 12.0. The summed E-state index contributed by atoms with van der Waals surface area (Å²) in [4.78, 5) is 12.0. The molecule has 0 aliphatic heterocycles. The van der Waals surface area contributed by atoms with Gasteiger partial charge in [-0.1, -0.05) is 52.4 Å². The highest BCUT2D eigenvalue weighted by molar-refractivity contribution is 5.60. The van der Waals surface area contributed by atoms with Crippen molar-refractivity contribution in [3.63, 3.8) is 0 Å². The van der Waals surface area contributed by atoms with Gasteiger partial charge in [0.05, 0.1) is 0 Å². The van der Waals surface area contributed by atoms with Crippen LogP contribution in [0.5, 0.6) is 0 Å². The number of hydrogen-bond donors (Lipinski definition) is 0. The molecule has 1 unspecified atom stereocenters. The highest BCUT2D eigenvalue weighted by Gasteiger charge is 2.44. The van der Waals surface area contributed by atoms with Gasteiger partial charge in [0.15, 0.2) is 0 Å². The van der Waals surface area contributed by atoms with Gasteiger partial charge in [-0.25, -0.2) is 0 Å². The molecule has 19 heavy (non-hydrogen) atoms. The summed E-state index contributed by atoms with van der Waals surface area (Å²) in [5.41, 5.74) is 0.0269. The summed E-state index contributed by atoms with van der Waals surface area (Å²) in [5, 5.41) is 0. The van der Waals surface area contributed by atoms with E-state index < -0.39 is 0 Å². The van der Waals surface area contributed by atoms with Gasteiger partial charge in [0, 0.05) is 5.41 Å². The summed E-state index contributed by atoms with van der Waals surface area (Å²) >= 11 is 0. The number of aldehydes is 1. The molecule has 0 spiro atoms. The third-order valence-electron chi connectivity index (χ3n) is 6.38. The molecule has 0 amide bonds. The van der Waals surface area contributed by atoms with Crippen molar-refractivity contribution in [1.29, 1.82) is 0 Å². The van der Waals surface area contributed by atoms with E-state index in [0.29, 0.717) is 11.8 Å². The fraction of sp³-hybridized carbons (Fsp3) is 0.944. The average Bonchev–Trinajstić information content (AvgIpc) is 2.51. The summed E-state index contributed by atoms with van der Waals surface area (Å²) in [6.45, 7) is 4.58. The molecule has 2 aliphatic rings. The van der Waals surface area contributed by atoms with Crippen molar-refractivity contribution in [3.8, 4) is 0 Å². The molecule has 1 atom stereocenters. The van der Waals surface area contributed by atoms with Gasteiger partial charge in [0.2, 0.25) is 0 Å². The lowest BCUT2D eigenvalue weighted by Gasteiger charge is -2.46. The van der Waals surface area contributed by atoms with Crippen molar-refractivity contribution in [2.24, 2.45) is 23.2 Å². The van der Waals surface area contributed by atoms with E-state index in [2.05, 4.69) is 13.8 Å². The van der Waals surface area contributed by atoms with Gasteiger partial charge in [-0.2, -0.15) is 0 Å². The van der Waals surface area contributed by atoms with Gasteiger partial charge in [0.1, 0.15) is 6.29 Å². The molecule has 0 aromatic rings. The standard InChI is InChI=1S/C18H32O/c1-3-15-10-12-17(13-11-15)18(4-2,14-19)16-8-6-5-7-9-16/h14-17H,3-13H2,1-2H3/t15-,17-,18?. The topological polar surface area (TPSA) is 17.1 Å². The van der Waals surface area contributed by atoms with Crippen LogP contribution >= 0.6 is 0 Å². The molecular weight excluding hydrogens is 232 g/mol. The Morgan fingerprint density at radius 1 is 0.895 bits per heavy atom. The van der Waals surface area contributed by atoms with Crippen molar-refractivity contribution in [2.75, 3.05) is 0 Å². The molecule has 1 heteroatoms. The third-order valence-corrected chi connectivity index (χ3v) is 6.38. The lowest BCUT2D eigenvalue weighted by molar-refractivity contribution is -0.126. The predicted molar refractivity (Wildman–Crippen MR) is 81.1 cm³/mol. The molecule has 0 saturated heterocycles. The molecule has 0 aromatic heterocycles. The Morgan fingerprint density at radius 3 is 1.95 bits per heavy atom. The minimum atomic E-state index is 0.0269. The van der Waals surface area contributed by atoms with Crippen LogP contribution in [-0.4, -0.2) is 6.29 Å². The fourth-order valence-corrected chi connectivity index (χ4v) is 4.93. The zero-order valence-electron chi connectivity index (χ0n) is 13.0. The molecule has 0 bridgehead atoms. The first-order valence-electron chi connectivity index (χ1n) is 8.73. The lowest BCUT2D eigenvalue weighted by atomic mass is 9.57. The maximum Gasteiger partial charge on any atom is 0.126 e. The minimum absolute atomic E-state index is 0.0269. The quantitative estimate of drug-likeness (QED) is 0.609. The lowest BCUT2D eigenvalue weighted by Crippen LogP contribution is -2.42. The molecule has 2 saturated carbocycles. The maximum atomic E-state index is 12.0. The van der Waals surface area contributed by atoms with Crippen molar-refractivity contribution < 1.29 is 4.79 Å². The normalized spacial score (nSPS) is 32.7. The summed E-state index contributed by atoms with van der Waals surface area (Å²) in [7, 11) is 0. The first kappa shape index (κ1) is 15.1. The second kappa shape index (κ2) is 6.90. The summed E-state index contributed by atoms with van der Waals surface area (Å²) in [6.07, 6.45) is 15.8. The van der Waals surface area contributed by atoms with Crippen LogP contribution in [-0.2, 0) is 4.79 Å². The Morgan fingerprint density at radius 2 is 1.47 bits per heavy atom. The number of rotatable bonds is 5. The zero-order valence-corrected chi connectivity index (χ0v) is 13.0. The van der Waals surface area contributed by atoms with Crippen LogP contribution in [0.15, 0.2) is 0 Å². The summed E-state index contributed by atoms with van der Waals surface area (Å²) in [6, 6.07) is 0. The summed E-state index contributed by atoms with van der Waals surface area (Å²) in [5.74, 6) is 2.30. The Kier molecular flexibility index (Phi) is 5.47. The first-order valence-corrected chi connectivity index (χ1v) is 8.73. The van der Waals surface area contributed by atoms with Crippen LogP contribution in [0.3, 0.4) is 0 Å². The van der Waals surface area contributed by atoms with Crippen LogP contribution in [0.1, 0.15) is 84.5 Å². The Labute approximate surface area is 119 Å². The highest BCUT2D eigenvalue weighted by Crippen LogP contribution is 2.50. The van der Waals surface area contributed by atoms with E-state index in [4.69, 9.17) is 0 Å². The molecule has 2 rings (SSSR count). The van der Waals surface area contributed by atoms with Crippen LogP contribution in [0.4, 0.5) is 0 Å². The van der Waals surface area contributed by atoms with Crippen molar-refractivity contribution in [3.05, 3.63) is 0 Å². The van der Waals surface area contributed by atoms with Gasteiger partial charge >= 0.3 is 0 Å². The molecule has 0 radical (unpaired) electrons. The molecule has 0 heterocycles. The van der Waals surface area contributed by atoms with Gasteiger partial charge < -0.3 is 4.79 Å². The molecule has 2 fully saturated rings. The SMILES string of the molecule is CCC(C=O)(C1CCCCC1)[C@H]1CC[C@H](CC)CC1. The van der Waals surface area contributed by atoms with E-state index in [9.17, 15) is 4.79 Å². The number of carbonyl (C=O) groups is 1. The molecule has 0 aromatic carbocycles. The highest BCUT2D eigenvalue weighted by atomic mass is 16.1. The molecule has 110 valence electrons. The fourth-order valence-electron chi connectivity index (χ4n) is 4.93. The number of hydrogen-bond acceptors (Lipinski definition) is 1. The zero-order chi connectivity index (χ0) is 13.7. The van der Waals surface area contributed by atoms with Gasteiger partial charge in [-0.3, -0.25) is 0 Å². The summed E-state index contributed by atoms with van der Waals surface area (Å²) < 4.78 is 0. The van der Waals surface area contributed by atoms with Crippen LogP contribution in [0.2, 0.25) is 0 Å². The van der Waals surface area contributed by atoms with Crippen molar-refractivity contribution in [1.82, 2.24) is 0 Å². The van der Waals surface area contributed by atoms with Gasteiger partial charge in [0.25, 0.3) is 0 Å².